The molecule has 0 unspecified atom stereocenters. The van der Waals surface area contributed by atoms with E-state index in [1.165, 1.54) is 0 Å². The number of carbonyl (C=O) groups is 1. The molecule has 0 radical (unpaired) electrons. The Morgan fingerprint density at radius 1 is 1.47 bits per heavy atom. The largest absolute Gasteiger partial charge is 0.352 e. The molecule has 4 heteroatoms. The highest BCUT2D eigenvalue weighted by molar-refractivity contribution is 6.30. The number of nitrogens with one attached hydrogen (secondary N) is 1. The van der Waals surface area contributed by atoms with Crippen LogP contribution in [0, 0.1) is 0 Å². The molecule has 3 nitrogen and oxygen atoms in total. The standard InChI is InChI=1S/C11H15ClN2O/c1-8(7-13)14-11(15)6-9-2-4-10(12)5-3-9/h2-5,8H,6-7,13H2,1H3,(H,14,15)/t8-/m0/s1. The van der Waals surface area contributed by atoms with Crippen molar-refractivity contribution in [1.82, 2.24) is 5.32 Å². The van der Waals surface area contributed by atoms with E-state index < -0.39 is 0 Å². The molecule has 15 heavy (non-hydrogen) atoms. The van der Waals surface area contributed by atoms with Crippen LogP contribution in [0.5, 0.6) is 0 Å². The molecule has 0 bridgehead atoms. The average molecular weight is 227 g/mol. The van der Waals surface area contributed by atoms with E-state index in [0.717, 1.165) is 5.56 Å². The summed E-state index contributed by atoms with van der Waals surface area (Å²) in [5, 5.41) is 3.47. The van der Waals surface area contributed by atoms with Gasteiger partial charge >= 0.3 is 0 Å². The van der Waals surface area contributed by atoms with E-state index in [4.69, 9.17) is 17.3 Å². The number of rotatable bonds is 4. The lowest BCUT2D eigenvalue weighted by Crippen LogP contribution is -2.38. The Bertz CT molecular complexity index is 324. The molecule has 0 saturated heterocycles. The molecule has 0 aliphatic carbocycles. The van der Waals surface area contributed by atoms with Gasteiger partial charge in [-0.1, -0.05) is 23.7 Å². The van der Waals surface area contributed by atoms with E-state index in [1.54, 1.807) is 12.1 Å². The summed E-state index contributed by atoms with van der Waals surface area (Å²) < 4.78 is 0. The topological polar surface area (TPSA) is 55.1 Å². The summed E-state index contributed by atoms with van der Waals surface area (Å²) in [7, 11) is 0. The summed E-state index contributed by atoms with van der Waals surface area (Å²) in [5.74, 6) is -0.0183. The Morgan fingerprint density at radius 2 is 2.07 bits per heavy atom. The fourth-order valence-corrected chi connectivity index (χ4v) is 1.30. The average Bonchev–Trinajstić information content (AvgIpc) is 2.21. The van der Waals surface area contributed by atoms with Gasteiger partial charge in [-0.3, -0.25) is 4.79 Å². The monoisotopic (exact) mass is 226 g/mol. The normalized spacial score (nSPS) is 12.2. The van der Waals surface area contributed by atoms with Gasteiger partial charge in [0.2, 0.25) is 5.91 Å². The molecule has 1 rings (SSSR count). The summed E-state index contributed by atoms with van der Waals surface area (Å²) in [4.78, 5) is 11.5. The molecular formula is C11H15ClN2O. The molecule has 0 fully saturated rings. The van der Waals surface area contributed by atoms with Crippen molar-refractivity contribution in [2.75, 3.05) is 6.54 Å². The van der Waals surface area contributed by atoms with Crippen molar-refractivity contribution in [2.24, 2.45) is 5.73 Å². The first-order chi connectivity index (χ1) is 7.11. The molecule has 82 valence electrons. The van der Waals surface area contributed by atoms with Crippen LogP contribution in [0.2, 0.25) is 5.02 Å². The van der Waals surface area contributed by atoms with Crippen molar-refractivity contribution in [3.8, 4) is 0 Å². The molecule has 1 aromatic carbocycles. The van der Waals surface area contributed by atoms with Gasteiger partial charge in [-0.25, -0.2) is 0 Å². The van der Waals surface area contributed by atoms with E-state index in [1.807, 2.05) is 19.1 Å². The highest BCUT2D eigenvalue weighted by Crippen LogP contribution is 2.09. The van der Waals surface area contributed by atoms with Crippen LogP contribution in [-0.4, -0.2) is 18.5 Å². The van der Waals surface area contributed by atoms with Crippen molar-refractivity contribution in [2.45, 2.75) is 19.4 Å². The van der Waals surface area contributed by atoms with Gasteiger partial charge in [-0.15, -0.1) is 0 Å². The quantitative estimate of drug-likeness (QED) is 0.814. The van der Waals surface area contributed by atoms with Gasteiger partial charge < -0.3 is 11.1 Å². The van der Waals surface area contributed by atoms with E-state index in [0.29, 0.717) is 18.0 Å². The fourth-order valence-electron chi connectivity index (χ4n) is 1.17. The summed E-state index contributed by atoms with van der Waals surface area (Å²) in [5.41, 5.74) is 6.35. The zero-order valence-electron chi connectivity index (χ0n) is 8.66. The maximum absolute atomic E-state index is 11.5. The van der Waals surface area contributed by atoms with Crippen LogP contribution in [0.25, 0.3) is 0 Å². The summed E-state index contributed by atoms with van der Waals surface area (Å²) in [6.45, 7) is 2.33. The van der Waals surface area contributed by atoms with Crippen molar-refractivity contribution >= 4 is 17.5 Å². The zero-order chi connectivity index (χ0) is 11.3. The maximum atomic E-state index is 11.5. The fraction of sp³-hybridized carbons (Fsp3) is 0.364. The van der Waals surface area contributed by atoms with Crippen molar-refractivity contribution in [3.05, 3.63) is 34.9 Å². The molecule has 0 spiro atoms. The Hall–Kier alpha value is -1.06. The number of hydrogen-bond acceptors (Lipinski definition) is 2. The minimum atomic E-state index is -0.0183. The number of halogens is 1. The third kappa shape index (κ3) is 4.32. The van der Waals surface area contributed by atoms with Crippen LogP contribution in [-0.2, 0) is 11.2 Å². The van der Waals surface area contributed by atoms with Gasteiger partial charge in [0.15, 0.2) is 0 Å². The van der Waals surface area contributed by atoms with Gasteiger partial charge in [-0.05, 0) is 24.6 Å². The molecule has 1 atom stereocenters. The zero-order valence-corrected chi connectivity index (χ0v) is 9.42. The molecule has 1 amide bonds. The highest BCUT2D eigenvalue weighted by Gasteiger charge is 2.06. The predicted octanol–water partition coefficient (Wildman–Crippen LogP) is 1.35. The van der Waals surface area contributed by atoms with Crippen LogP contribution in [0.3, 0.4) is 0 Å². The van der Waals surface area contributed by atoms with Crippen LogP contribution >= 0.6 is 11.6 Å². The summed E-state index contributed by atoms with van der Waals surface area (Å²) in [6, 6.07) is 7.25. The van der Waals surface area contributed by atoms with Gasteiger partial charge in [0.25, 0.3) is 0 Å². The van der Waals surface area contributed by atoms with Gasteiger partial charge in [0, 0.05) is 17.6 Å². The second-order valence-corrected chi connectivity index (χ2v) is 3.94. The Kier molecular flexibility index (Phi) is 4.59. The second-order valence-electron chi connectivity index (χ2n) is 3.51. The molecule has 0 heterocycles. The van der Waals surface area contributed by atoms with E-state index in [9.17, 15) is 4.79 Å². The van der Waals surface area contributed by atoms with Crippen molar-refractivity contribution in [3.63, 3.8) is 0 Å². The first-order valence-corrected chi connectivity index (χ1v) is 5.23. The number of amides is 1. The van der Waals surface area contributed by atoms with Crippen molar-refractivity contribution in [1.29, 1.82) is 0 Å². The molecule has 0 aliphatic rings. The van der Waals surface area contributed by atoms with Crippen LogP contribution < -0.4 is 11.1 Å². The Balaban J connectivity index is 2.48. The van der Waals surface area contributed by atoms with Gasteiger partial charge in [0.05, 0.1) is 6.42 Å². The molecule has 1 aromatic rings. The lowest BCUT2D eigenvalue weighted by atomic mass is 10.1. The smallest absolute Gasteiger partial charge is 0.224 e. The minimum absolute atomic E-state index is 0.0183. The van der Waals surface area contributed by atoms with E-state index >= 15 is 0 Å². The SMILES string of the molecule is C[C@@H](CN)NC(=O)Cc1ccc(Cl)cc1. The number of hydrogen-bond donors (Lipinski definition) is 2. The number of carbonyl (C=O) groups excluding carboxylic acids is 1. The molecule has 3 N–H and O–H groups in total. The lowest BCUT2D eigenvalue weighted by Gasteiger charge is -2.10. The number of benzene rings is 1. The van der Waals surface area contributed by atoms with Crippen molar-refractivity contribution < 1.29 is 4.79 Å². The third-order valence-corrected chi connectivity index (χ3v) is 2.29. The molecular weight excluding hydrogens is 212 g/mol. The predicted molar refractivity (Wildman–Crippen MR) is 61.8 cm³/mol. The molecule has 0 aliphatic heterocycles. The Morgan fingerprint density at radius 3 is 2.60 bits per heavy atom. The highest BCUT2D eigenvalue weighted by atomic mass is 35.5. The van der Waals surface area contributed by atoms with Crippen LogP contribution in [0.4, 0.5) is 0 Å². The van der Waals surface area contributed by atoms with E-state index in [-0.39, 0.29) is 11.9 Å². The van der Waals surface area contributed by atoms with Crippen LogP contribution in [0.1, 0.15) is 12.5 Å². The second kappa shape index (κ2) is 5.73. The Labute approximate surface area is 94.6 Å². The lowest BCUT2D eigenvalue weighted by molar-refractivity contribution is -0.120. The first-order valence-electron chi connectivity index (χ1n) is 4.85. The van der Waals surface area contributed by atoms with Gasteiger partial charge in [-0.2, -0.15) is 0 Å². The van der Waals surface area contributed by atoms with E-state index in [2.05, 4.69) is 5.32 Å². The first kappa shape index (κ1) is 12.0. The molecule has 0 aromatic heterocycles. The van der Waals surface area contributed by atoms with Gasteiger partial charge in [0.1, 0.15) is 0 Å². The third-order valence-electron chi connectivity index (χ3n) is 2.04. The number of nitrogens with two attached hydrogens (primary N) is 1. The molecule has 0 saturated carbocycles. The summed E-state index contributed by atoms with van der Waals surface area (Å²) >= 11 is 5.74. The summed E-state index contributed by atoms with van der Waals surface area (Å²) in [6.07, 6.45) is 0.363. The maximum Gasteiger partial charge on any atom is 0.224 e. The minimum Gasteiger partial charge on any atom is -0.352 e. The van der Waals surface area contributed by atoms with Crippen LogP contribution in [0.15, 0.2) is 24.3 Å².